The van der Waals surface area contributed by atoms with Crippen LogP contribution in [0.25, 0.3) is 11.0 Å². The van der Waals surface area contributed by atoms with Crippen molar-refractivity contribution in [3.05, 3.63) is 35.7 Å². The van der Waals surface area contributed by atoms with Crippen LogP contribution in [-0.2, 0) is 0 Å². The average molecular weight is 180 g/mol. The van der Waals surface area contributed by atoms with Crippen LogP contribution < -0.4 is 0 Å². The van der Waals surface area contributed by atoms with Crippen LogP contribution in [0.1, 0.15) is 5.56 Å². The van der Waals surface area contributed by atoms with Crippen molar-refractivity contribution in [1.29, 1.82) is 0 Å². The quantitative estimate of drug-likeness (QED) is 0.621. The number of aromatic nitrogens is 2. The van der Waals surface area contributed by atoms with Crippen molar-refractivity contribution in [3.8, 4) is 0 Å². The Morgan fingerprint density at radius 3 is 2.62 bits per heavy atom. The summed E-state index contributed by atoms with van der Waals surface area (Å²) in [5.41, 5.74) is 0.975. The topological polar surface area (TPSA) is 25.8 Å². The summed E-state index contributed by atoms with van der Waals surface area (Å²) in [6.45, 7) is 1.48. The zero-order valence-corrected chi connectivity index (χ0v) is 6.88. The van der Waals surface area contributed by atoms with Gasteiger partial charge in [0.25, 0.3) is 0 Å². The van der Waals surface area contributed by atoms with Crippen LogP contribution in [0.15, 0.2) is 18.5 Å². The second-order valence-corrected chi connectivity index (χ2v) is 2.72. The highest BCUT2D eigenvalue weighted by Gasteiger charge is 2.10. The first-order valence-electron chi connectivity index (χ1n) is 3.75. The summed E-state index contributed by atoms with van der Waals surface area (Å²) >= 11 is 0. The molecule has 0 fully saturated rings. The van der Waals surface area contributed by atoms with Gasteiger partial charge in [-0.3, -0.25) is 9.97 Å². The molecule has 13 heavy (non-hydrogen) atoms. The van der Waals surface area contributed by atoms with Crippen LogP contribution in [0.5, 0.6) is 0 Å². The molecule has 0 unspecified atom stereocenters. The van der Waals surface area contributed by atoms with E-state index in [1.165, 1.54) is 19.3 Å². The molecule has 0 atom stereocenters. The third-order valence-electron chi connectivity index (χ3n) is 1.88. The zero-order chi connectivity index (χ0) is 9.42. The fraction of sp³-hybridized carbons (Fsp3) is 0.111. The van der Waals surface area contributed by atoms with Crippen LogP contribution in [0.4, 0.5) is 8.78 Å². The smallest absolute Gasteiger partial charge is 0.164 e. The van der Waals surface area contributed by atoms with E-state index in [1.54, 1.807) is 0 Å². The summed E-state index contributed by atoms with van der Waals surface area (Å²) in [5.74, 6) is -1.74. The highest BCUT2D eigenvalue weighted by Crippen LogP contribution is 2.19. The van der Waals surface area contributed by atoms with Gasteiger partial charge in [0.05, 0.1) is 11.0 Å². The number of rotatable bonds is 0. The van der Waals surface area contributed by atoms with Gasteiger partial charge < -0.3 is 0 Å². The molecule has 0 aliphatic carbocycles. The molecule has 0 aliphatic heterocycles. The third-order valence-corrected chi connectivity index (χ3v) is 1.88. The Kier molecular flexibility index (Phi) is 1.69. The number of aryl methyl sites for hydroxylation is 1. The van der Waals surface area contributed by atoms with Crippen molar-refractivity contribution in [1.82, 2.24) is 9.97 Å². The molecule has 0 aliphatic rings. The van der Waals surface area contributed by atoms with E-state index < -0.39 is 11.6 Å². The van der Waals surface area contributed by atoms with Gasteiger partial charge in [-0.2, -0.15) is 0 Å². The number of hydrogen-bond donors (Lipinski definition) is 0. The first-order valence-corrected chi connectivity index (χ1v) is 3.75. The maximum atomic E-state index is 13.0. The number of nitrogens with zero attached hydrogens (tertiary/aromatic N) is 2. The summed E-state index contributed by atoms with van der Waals surface area (Å²) in [4.78, 5) is 7.79. The van der Waals surface area contributed by atoms with E-state index >= 15 is 0 Å². The summed E-state index contributed by atoms with van der Waals surface area (Å²) in [7, 11) is 0. The number of fused-ring (bicyclic) bond motifs is 1. The first-order chi connectivity index (χ1) is 6.20. The number of halogens is 2. The maximum absolute atomic E-state index is 13.0. The highest BCUT2D eigenvalue weighted by atomic mass is 19.2. The SMILES string of the molecule is Cc1c(F)c(F)cc2nccnc12. The minimum absolute atomic E-state index is 0.197. The molecule has 4 heteroatoms. The summed E-state index contributed by atoms with van der Waals surface area (Å²) in [5, 5.41) is 0. The second-order valence-electron chi connectivity index (χ2n) is 2.72. The van der Waals surface area contributed by atoms with Crippen LogP contribution >= 0.6 is 0 Å². The fourth-order valence-corrected chi connectivity index (χ4v) is 1.21. The molecule has 2 rings (SSSR count). The summed E-state index contributed by atoms with van der Waals surface area (Å²) in [6.07, 6.45) is 2.89. The van der Waals surface area contributed by atoms with E-state index in [-0.39, 0.29) is 5.56 Å². The lowest BCUT2D eigenvalue weighted by molar-refractivity contribution is 0.505. The predicted molar refractivity (Wildman–Crippen MR) is 44.2 cm³/mol. The third kappa shape index (κ3) is 1.14. The van der Waals surface area contributed by atoms with Crippen molar-refractivity contribution >= 4 is 11.0 Å². The van der Waals surface area contributed by atoms with E-state index in [0.717, 1.165) is 6.07 Å². The Morgan fingerprint density at radius 1 is 1.15 bits per heavy atom. The molecule has 0 amide bonds. The maximum Gasteiger partial charge on any atom is 0.164 e. The molecule has 2 nitrogen and oxygen atoms in total. The van der Waals surface area contributed by atoms with Crippen LogP contribution in [0, 0.1) is 18.6 Å². The normalized spacial score (nSPS) is 10.7. The molecule has 2 aromatic rings. The van der Waals surface area contributed by atoms with Gasteiger partial charge in [-0.05, 0) is 6.92 Å². The molecule has 0 radical (unpaired) electrons. The first kappa shape index (κ1) is 8.04. The van der Waals surface area contributed by atoms with Crippen molar-refractivity contribution < 1.29 is 8.78 Å². The fourth-order valence-electron chi connectivity index (χ4n) is 1.21. The van der Waals surface area contributed by atoms with E-state index in [9.17, 15) is 8.78 Å². The van der Waals surface area contributed by atoms with Gasteiger partial charge in [0, 0.05) is 24.0 Å². The lowest BCUT2D eigenvalue weighted by atomic mass is 10.2. The van der Waals surface area contributed by atoms with Crippen LogP contribution in [-0.4, -0.2) is 9.97 Å². The van der Waals surface area contributed by atoms with E-state index in [4.69, 9.17) is 0 Å². The van der Waals surface area contributed by atoms with Gasteiger partial charge in [-0.1, -0.05) is 0 Å². The van der Waals surface area contributed by atoms with Gasteiger partial charge in [-0.15, -0.1) is 0 Å². The minimum Gasteiger partial charge on any atom is -0.253 e. The molecular formula is C9H6F2N2. The Morgan fingerprint density at radius 2 is 1.85 bits per heavy atom. The molecule has 0 saturated carbocycles. The largest absolute Gasteiger partial charge is 0.253 e. The monoisotopic (exact) mass is 180 g/mol. The van der Waals surface area contributed by atoms with Gasteiger partial charge in [0.1, 0.15) is 0 Å². The minimum atomic E-state index is -0.884. The Bertz CT molecular complexity index is 468. The Balaban J connectivity index is 2.94. The van der Waals surface area contributed by atoms with Crippen LogP contribution in [0.3, 0.4) is 0 Å². The van der Waals surface area contributed by atoms with E-state index in [0.29, 0.717) is 11.0 Å². The highest BCUT2D eigenvalue weighted by molar-refractivity contribution is 5.77. The lowest BCUT2D eigenvalue weighted by Gasteiger charge is -2.01. The molecule has 1 aromatic heterocycles. The van der Waals surface area contributed by atoms with Crippen molar-refractivity contribution in [2.24, 2.45) is 0 Å². The van der Waals surface area contributed by atoms with Crippen molar-refractivity contribution in [2.75, 3.05) is 0 Å². The molecule has 1 aromatic carbocycles. The molecular weight excluding hydrogens is 174 g/mol. The van der Waals surface area contributed by atoms with Crippen molar-refractivity contribution in [3.63, 3.8) is 0 Å². The standard InChI is InChI=1S/C9H6F2N2/c1-5-8(11)6(10)4-7-9(5)13-3-2-12-7/h2-4H,1H3. The van der Waals surface area contributed by atoms with E-state index in [1.807, 2.05) is 0 Å². The summed E-state index contributed by atoms with van der Waals surface area (Å²) < 4.78 is 25.9. The molecule has 1 heterocycles. The predicted octanol–water partition coefficient (Wildman–Crippen LogP) is 2.22. The Hall–Kier alpha value is -1.58. The lowest BCUT2D eigenvalue weighted by Crippen LogP contribution is -1.94. The molecule has 66 valence electrons. The van der Waals surface area contributed by atoms with Crippen LogP contribution in [0.2, 0.25) is 0 Å². The number of hydrogen-bond acceptors (Lipinski definition) is 2. The molecule has 0 saturated heterocycles. The molecule has 0 bridgehead atoms. The van der Waals surface area contributed by atoms with Gasteiger partial charge in [-0.25, -0.2) is 8.78 Å². The second kappa shape index (κ2) is 2.73. The van der Waals surface area contributed by atoms with Crippen molar-refractivity contribution in [2.45, 2.75) is 6.92 Å². The summed E-state index contributed by atoms with van der Waals surface area (Å²) in [6, 6.07) is 1.05. The zero-order valence-electron chi connectivity index (χ0n) is 6.88. The Labute approximate surface area is 73.2 Å². The average Bonchev–Trinajstić information content (AvgIpc) is 2.15. The van der Waals surface area contributed by atoms with Gasteiger partial charge in [0.2, 0.25) is 0 Å². The van der Waals surface area contributed by atoms with Gasteiger partial charge >= 0.3 is 0 Å². The van der Waals surface area contributed by atoms with E-state index in [2.05, 4.69) is 9.97 Å². The number of benzene rings is 1. The van der Waals surface area contributed by atoms with Gasteiger partial charge in [0.15, 0.2) is 11.6 Å². The molecule has 0 N–H and O–H groups in total. The molecule has 0 spiro atoms.